The summed E-state index contributed by atoms with van der Waals surface area (Å²) in [6.45, 7) is 1.84. The maximum Gasteiger partial charge on any atom is 0.264 e. The Bertz CT molecular complexity index is 1640. The lowest BCUT2D eigenvalue weighted by atomic mass is 10.1. The number of amides is 1. The minimum absolute atomic E-state index is 0.0102. The molecule has 0 saturated heterocycles. The molecule has 0 unspecified atom stereocenters. The third-order valence-electron chi connectivity index (χ3n) is 5.61. The summed E-state index contributed by atoms with van der Waals surface area (Å²) in [5.41, 5.74) is 3.72. The average Bonchev–Trinajstić information content (AvgIpc) is 3.27. The molecule has 5 rings (SSSR count). The van der Waals surface area contributed by atoms with E-state index in [-0.39, 0.29) is 16.8 Å². The zero-order chi connectivity index (χ0) is 25.8. The van der Waals surface area contributed by atoms with Crippen molar-refractivity contribution in [3.63, 3.8) is 0 Å². The van der Waals surface area contributed by atoms with Crippen LogP contribution in [-0.4, -0.2) is 34.1 Å². The average molecular weight is 511 g/mol. The highest BCUT2D eigenvalue weighted by atomic mass is 32.2. The molecule has 5 aromatic rings. The van der Waals surface area contributed by atoms with Crippen LogP contribution >= 0.6 is 0 Å². The molecule has 3 aromatic carbocycles. The predicted octanol–water partition coefficient (Wildman–Crippen LogP) is 4.69. The van der Waals surface area contributed by atoms with Gasteiger partial charge in [-0.1, -0.05) is 48.5 Å². The van der Waals surface area contributed by atoms with E-state index in [1.165, 1.54) is 36.7 Å². The zero-order valence-corrected chi connectivity index (χ0v) is 20.6. The lowest BCUT2D eigenvalue weighted by Gasteiger charge is -2.09. The van der Waals surface area contributed by atoms with Crippen LogP contribution in [0.2, 0.25) is 0 Å². The molecule has 0 fully saturated rings. The van der Waals surface area contributed by atoms with Gasteiger partial charge in [0.15, 0.2) is 0 Å². The summed E-state index contributed by atoms with van der Waals surface area (Å²) in [6, 6.07) is 26.5. The molecule has 0 aliphatic rings. The highest BCUT2D eigenvalue weighted by Gasteiger charge is 2.23. The molecule has 0 radical (unpaired) electrons. The second kappa shape index (κ2) is 10.0. The van der Waals surface area contributed by atoms with Crippen LogP contribution in [0.4, 0.5) is 11.6 Å². The molecule has 9 nitrogen and oxygen atoms in total. The highest BCUT2D eigenvalue weighted by molar-refractivity contribution is 7.92. The van der Waals surface area contributed by atoms with Gasteiger partial charge in [0.2, 0.25) is 5.95 Å². The Morgan fingerprint density at radius 2 is 1.43 bits per heavy atom. The standard InChI is InChI=1S/C27H22N6O3S/c1-19-24(25(20-9-4-2-5-10-20)31-33(19)22-11-6-3-7-12-22)26(34)30-21-13-15-23(16-14-21)37(35,36)32-27-28-17-8-18-29-27/h2-18H,1H3,(H,30,34)(H,28,29,32). The van der Waals surface area contributed by atoms with Gasteiger partial charge < -0.3 is 5.32 Å². The van der Waals surface area contributed by atoms with Crippen LogP contribution in [0.15, 0.2) is 108 Å². The Balaban J connectivity index is 1.44. The normalized spacial score (nSPS) is 11.2. The van der Waals surface area contributed by atoms with Gasteiger partial charge in [-0.25, -0.2) is 27.8 Å². The number of hydrogen-bond acceptors (Lipinski definition) is 6. The smallest absolute Gasteiger partial charge is 0.264 e. The van der Waals surface area contributed by atoms with Crippen LogP contribution < -0.4 is 10.0 Å². The van der Waals surface area contributed by atoms with Gasteiger partial charge in [-0.15, -0.1) is 0 Å². The molecule has 10 heteroatoms. The summed E-state index contributed by atoms with van der Waals surface area (Å²) in [7, 11) is -3.89. The quantitative estimate of drug-likeness (QED) is 0.328. The van der Waals surface area contributed by atoms with Gasteiger partial charge in [0.05, 0.1) is 21.8 Å². The Hall–Kier alpha value is -4.83. The number of anilines is 2. The van der Waals surface area contributed by atoms with Crippen molar-refractivity contribution in [2.24, 2.45) is 0 Å². The van der Waals surface area contributed by atoms with E-state index in [4.69, 9.17) is 5.10 Å². The predicted molar refractivity (Wildman–Crippen MR) is 141 cm³/mol. The van der Waals surface area contributed by atoms with E-state index in [0.29, 0.717) is 22.6 Å². The first-order chi connectivity index (χ1) is 17.9. The summed E-state index contributed by atoms with van der Waals surface area (Å²) in [4.78, 5) is 21.3. The Kier molecular flexibility index (Phi) is 6.48. The van der Waals surface area contributed by atoms with Gasteiger partial charge in [0.25, 0.3) is 15.9 Å². The van der Waals surface area contributed by atoms with Crippen molar-refractivity contribution in [1.82, 2.24) is 19.7 Å². The fourth-order valence-corrected chi connectivity index (χ4v) is 4.79. The number of nitrogens with one attached hydrogen (secondary N) is 2. The summed E-state index contributed by atoms with van der Waals surface area (Å²) in [5, 5.41) is 7.63. The molecule has 0 aliphatic carbocycles. The molecular weight excluding hydrogens is 488 g/mol. The number of para-hydroxylation sites is 1. The summed E-state index contributed by atoms with van der Waals surface area (Å²) in [6.07, 6.45) is 2.88. The lowest BCUT2D eigenvalue weighted by molar-refractivity contribution is 0.102. The van der Waals surface area contributed by atoms with E-state index >= 15 is 0 Å². The molecule has 184 valence electrons. The van der Waals surface area contributed by atoms with Gasteiger partial charge in [-0.2, -0.15) is 5.10 Å². The molecule has 1 amide bonds. The van der Waals surface area contributed by atoms with Crippen molar-refractivity contribution in [2.45, 2.75) is 11.8 Å². The van der Waals surface area contributed by atoms with Crippen LogP contribution in [0, 0.1) is 6.92 Å². The van der Waals surface area contributed by atoms with Crippen molar-refractivity contribution >= 4 is 27.6 Å². The first-order valence-corrected chi connectivity index (χ1v) is 12.8. The van der Waals surface area contributed by atoms with Crippen molar-refractivity contribution in [3.8, 4) is 16.9 Å². The maximum atomic E-state index is 13.5. The molecule has 0 spiro atoms. The third kappa shape index (κ3) is 5.09. The number of nitrogens with zero attached hydrogens (tertiary/aromatic N) is 4. The van der Waals surface area contributed by atoms with E-state index in [0.717, 1.165) is 11.3 Å². The topological polar surface area (TPSA) is 119 Å². The number of sulfonamides is 1. The Labute approximate surface area is 213 Å². The van der Waals surface area contributed by atoms with Crippen LogP contribution in [0.1, 0.15) is 16.1 Å². The van der Waals surface area contributed by atoms with Crippen LogP contribution in [-0.2, 0) is 10.0 Å². The number of benzene rings is 3. The van der Waals surface area contributed by atoms with Gasteiger partial charge in [-0.05, 0) is 49.4 Å². The first kappa shape index (κ1) is 23.9. The van der Waals surface area contributed by atoms with Crippen LogP contribution in [0.3, 0.4) is 0 Å². The summed E-state index contributed by atoms with van der Waals surface area (Å²) in [5.74, 6) is -0.385. The molecule has 37 heavy (non-hydrogen) atoms. The minimum atomic E-state index is -3.89. The highest BCUT2D eigenvalue weighted by Crippen LogP contribution is 2.28. The largest absolute Gasteiger partial charge is 0.322 e. The molecule has 0 bridgehead atoms. The fraction of sp³-hybridized carbons (Fsp3) is 0.0370. The zero-order valence-electron chi connectivity index (χ0n) is 19.7. The molecule has 2 aromatic heterocycles. The van der Waals surface area contributed by atoms with Crippen molar-refractivity contribution in [3.05, 3.63) is 115 Å². The van der Waals surface area contributed by atoms with Gasteiger partial charge >= 0.3 is 0 Å². The molecular formula is C27H22N6O3S. The van der Waals surface area contributed by atoms with Crippen molar-refractivity contribution in [1.29, 1.82) is 0 Å². The van der Waals surface area contributed by atoms with Crippen LogP contribution in [0.25, 0.3) is 16.9 Å². The van der Waals surface area contributed by atoms with E-state index in [1.807, 2.05) is 67.6 Å². The molecule has 0 atom stereocenters. The Morgan fingerprint density at radius 1 is 0.811 bits per heavy atom. The number of rotatable bonds is 7. The number of hydrogen-bond donors (Lipinski definition) is 2. The van der Waals surface area contributed by atoms with E-state index in [9.17, 15) is 13.2 Å². The second-order valence-corrected chi connectivity index (χ2v) is 9.76. The first-order valence-electron chi connectivity index (χ1n) is 11.3. The summed E-state index contributed by atoms with van der Waals surface area (Å²) < 4.78 is 29.4. The number of carbonyl (C=O) groups is 1. The molecule has 0 aliphatic heterocycles. The van der Waals surface area contributed by atoms with Gasteiger partial charge in [0.1, 0.15) is 5.69 Å². The van der Waals surface area contributed by atoms with E-state index < -0.39 is 10.0 Å². The third-order valence-corrected chi connectivity index (χ3v) is 6.95. The monoisotopic (exact) mass is 510 g/mol. The SMILES string of the molecule is Cc1c(C(=O)Nc2ccc(S(=O)(=O)Nc3ncccn3)cc2)c(-c2ccccc2)nn1-c1ccccc1. The lowest BCUT2D eigenvalue weighted by Crippen LogP contribution is -2.16. The Morgan fingerprint density at radius 3 is 2.08 bits per heavy atom. The second-order valence-electron chi connectivity index (χ2n) is 8.08. The fourth-order valence-electron chi connectivity index (χ4n) is 3.83. The maximum absolute atomic E-state index is 13.5. The minimum Gasteiger partial charge on any atom is -0.322 e. The molecule has 2 heterocycles. The van der Waals surface area contributed by atoms with Crippen molar-refractivity contribution in [2.75, 3.05) is 10.0 Å². The van der Waals surface area contributed by atoms with Gasteiger partial charge in [-0.3, -0.25) is 4.79 Å². The van der Waals surface area contributed by atoms with Crippen LogP contribution in [0.5, 0.6) is 0 Å². The summed E-state index contributed by atoms with van der Waals surface area (Å²) >= 11 is 0. The molecule has 2 N–H and O–H groups in total. The van der Waals surface area contributed by atoms with Crippen molar-refractivity contribution < 1.29 is 13.2 Å². The van der Waals surface area contributed by atoms with E-state index in [1.54, 1.807) is 10.7 Å². The number of carbonyl (C=O) groups excluding carboxylic acids is 1. The van der Waals surface area contributed by atoms with Gasteiger partial charge in [0, 0.05) is 23.6 Å². The number of aromatic nitrogens is 4. The van der Waals surface area contributed by atoms with E-state index in [2.05, 4.69) is 20.0 Å². The molecule has 0 saturated carbocycles.